The zero-order valence-corrected chi connectivity index (χ0v) is 13.1. The molecule has 0 spiro atoms. The standard InChI is InChI=1S/C12H15NO6S2/c1-18-10-3-4-12(11(7-10)19-2)21(16,17)13-9-5-6-20(14,15)8-9/h3-7,9,13H,8H2,1-2H3/t9-/m1/s1. The molecule has 1 atom stereocenters. The van der Waals surface area contributed by atoms with Crippen LogP contribution in [0.4, 0.5) is 0 Å². The van der Waals surface area contributed by atoms with Gasteiger partial charge in [0.2, 0.25) is 10.0 Å². The van der Waals surface area contributed by atoms with Crippen molar-refractivity contribution >= 4 is 19.9 Å². The summed E-state index contributed by atoms with van der Waals surface area (Å²) < 4.78 is 59.6. The zero-order chi connectivity index (χ0) is 15.7. The molecule has 1 aromatic rings. The highest BCUT2D eigenvalue weighted by Gasteiger charge is 2.28. The van der Waals surface area contributed by atoms with Crippen LogP contribution in [0.15, 0.2) is 34.6 Å². The lowest BCUT2D eigenvalue weighted by atomic mass is 10.3. The summed E-state index contributed by atoms with van der Waals surface area (Å²) in [5.74, 6) is 0.283. The molecular weight excluding hydrogens is 318 g/mol. The van der Waals surface area contributed by atoms with Gasteiger partial charge in [0.15, 0.2) is 9.84 Å². The van der Waals surface area contributed by atoms with Crippen molar-refractivity contribution in [1.29, 1.82) is 0 Å². The molecule has 1 heterocycles. The second kappa shape index (κ2) is 5.66. The maximum atomic E-state index is 12.3. The minimum atomic E-state index is -3.91. The average molecular weight is 333 g/mol. The molecule has 0 radical (unpaired) electrons. The molecule has 0 saturated heterocycles. The molecule has 116 valence electrons. The minimum absolute atomic E-state index is 0.0801. The van der Waals surface area contributed by atoms with E-state index in [1.165, 1.54) is 38.5 Å². The molecule has 2 rings (SSSR count). The number of methoxy groups -OCH3 is 2. The number of ether oxygens (including phenoxy) is 2. The summed E-state index contributed by atoms with van der Waals surface area (Å²) in [5.41, 5.74) is 0. The van der Waals surface area contributed by atoms with E-state index in [1.54, 1.807) is 0 Å². The van der Waals surface area contributed by atoms with Gasteiger partial charge in [-0.05, 0) is 12.1 Å². The lowest BCUT2D eigenvalue weighted by molar-refractivity contribution is 0.386. The van der Waals surface area contributed by atoms with E-state index in [9.17, 15) is 16.8 Å². The molecule has 0 saturated carbocycles. The van der Waals surface area contributed by atoms with Gasteiger partial charge in [0.25, 0.3) is 0 Å². The molecule has 0 bridgehead atoms. The van der Waals surface area contributed by atoms with Gasteiger partial charge in [-0.3, -0.25) is 0 Å². The summed E-state index contributed by atoms with van der Waals surface area (Å²) >= 11 is 0. The van der Waals surface area contributed by atoms with Gasteiger partial charge in [-0.2, -0.15) is 0 Å². The summed E-state index contributed by atoms with van der Waals surface area (Å²) in [4.78, 5) is -0.0801. The third-order valence-corrected chi connectivity index (χ3v) is 5.82. The van der Waals surface area contributed by atoms with Crippen LogP contribution in [0.1, 0.15) is 0 Å². The van der Waals surface area contributed by atoms with Crippen molar-refractivity contribution in [3.05, 3.63) is 29.7 Å². The van der Waals surface area contributed by atoms with Crippen LogP contribution >= 0.6 is 0 Å². The van der Waals surface area contributed by atoms with Crippen LogP contribution in [0.2, 0.25) is 0 Å². The molecule has 1 aliphatic heterocycles. The SMILES string of the molecule is COc1ccc(S(=O)(=O)N[C@@H]2C=CS(=O)(=O)C2)c(OC)c1. The fraction of sp³-hybridized carbons (Fsp3) is 0.333. The average Bonchev–Trinajstić information content (AvgIpc) is 2.76. The van der Waals surface area contributed by atoms with Crippen LogP contribution in [-0.2, 0) is 19.9 Å². The van der Waals surface area contributed by atoms with Gasteiger partial charge in [-0.25, -0.2) is 21.6 Å². The van der Waals surface area contributed by atoms with E-state index in [0.29, 0.717) is 5.75 Å². The monoisotopic (exact) mass is 333 g/mol. The Balaban J connectivity index is 2.30. The summed E-state index contributed by atoms with van der Waals surface area (Å²) in [6.07, 6.45) is 1.31. The molecule has 1 N–H and O–H groups in total. The Morgan fingerprint density at radius 2 is 1.95 bits per heavy atom. The first-order valence-electron chi connectivity index (χ1n) is 5.93. The molecule has 7 nitrogen and oxygen atoms in total. The smallest absolute Gasteiger partial charge is 0.244 e. The summed E-state index contributed by atoms with van der Waals surface area (Å²) in [6.45, 7) is 0. The highest BCUT2D eigenvalue weighted by atomic mass is 32.2. The predicted octanol–water partition coefficient (Wildman–Crippen LogP) is 0.293. The fourth-order valence-corrected chi connectivity index (χ4v) is 4.59. The Morgan fingerprint density at radius 1 is 1.24 bits per heavy atom. The molecule has 0 fully saturated rings. The number of sulfone groups is 1. The second-order valence-corrected chi connectivity index (χ2v) is 8.02. The second-order valence-electron chi connectivity index (χ2n) is 4.40. The van der Waals surface area contributed by atoms with Gasteiger partial charge >= 0.3 is 0 Å². The van der Waals surface area contributed by atoms with E-state index in [-0.39, 0.29) is 16.4 Å². The van der Waals surface area contributed by atoms with Gasteiger partial charge in [-0.15, -0.1) is 0 Å². The molecule has 0 aliphatic carbocycles. The summed E-state index contributed by atoms with van der Waals surface area (Å²) in [7, 11) is -4.45. The molecular formula is C12H15NO6S2. The third kappa shape index (κ3) is 3.55. The lowest BCUT2D eigenvalue weighted by Crippen LogP contribution is -2.35. The minimum Gasteiger partial charge on any atom is -0.497 e. The van der Waals surface area contributed by atoms with E-state index in [2.05, 4.69) is 4.72 Å². The fourth-order valence-electron chi connectivity index (χ4n) is 1.91. The molecule has 9 heteroatoms. The lowest BCUT2D eigenvalue weighted by Gasteiger charge is -2.14. The highest BCUT2D eigenvalue weighted by Crippen LogP contribution is 2.28. The Kier molecular flexibility index (Phi) is 4.26. The topological polar surface area (TPSA) is 98.8 Å². The first-order chi connectivity index (χ1) is 9.77. The van der Waals surface area contributed by atoms with E-state index in [4.69, 9.17) is 9.47 Å². The Morgan fingerprint density at radius 3 is 2.48 bits per heavy atom. The van der Waals surface area contributed by atoms with Crippen LogP contribution in [0, 0.1) is 0 Å². The Bertz CT molecular complexity index is 767. The zero-order valence-electron chi connectivity index (χ0n) is 11.4. The molecule has 0 unspecified atom stereocenters. The Labute approximate surface area is 123 Å². The number of nitrogens with one attached hydrogen (secondary N) is 1. The number of benzene rings is 1. The van der Waals surface area contributed by atoms with E-state index in [1.807, 2.05) is 0 Å². The maximum Gasteiger partial charge on any atom is 0.244 e. The van der Waals surface area contributed by atoms with Gasteiger partial charge in [-0.1, -0.05) is 6.08 Å². The maximum absolute atomic E-state index is 12.3. The normalized spacial score (nSPS) is 20.4. The van der Waals surface area contributed by atoms with Crippen LogP contribution in [-0.4, -0.2) is 42.8 Å². The van der Waals surface area contributed by atoms with Crippen LogP contribution in [0.5, 0.6) is 11.5 Å². The van der Waals surface area contributed by atoms with Crippen molar-refractivity contribution in [2.75, 3.05) is 20.0 Å². The van der Waals surface area contributed by atoms with Gasteiger partial charge in [0, 0.05) is 11.5 Å². The summed E-state index contributed by atoms with van der Waals surface area (Å²) in [5, 5.41) is 1.01. The molecule has 21 heavy (non-hydrogen) atoms. The first-order valence-corrected chi connectivity index (χ1v) is 9.12. The highest BCUT2D eigenvalue weighted by molar-refractivity contribution is 7.94. The molecule has 0 aromatic heterocycles. The quantitative estimate of drug-likeness (QED) is 0.832. The largest absolute Gasteiger partial charge is 0.497 e. The first kappa shape index (κ1) is 15.8. The molecule has 1 aliphatic rings. The number of rotatable bonds is 5. The van der Waals surface area contributed by atoms with Crippen molar-refractivity contribution in [1.82, 2.24) is 4.72 Å². The molecule has 0 amide bonds. The van der Waals surface area contributed by atoms with Crippen molar-refractivity contribution in [3.8, 4) is 11.5 Å². The van der Waals surface area contributed by atoms with Crippen LogP contribution in [0.25, 0.3) is 0 Å². The predicted molar refractivity (Wildman–Crippen MR) is 76.6 cm³/mol. The van der Waals surface area contributed by atoms with Crippen molar-refractivity contribution in [2.45, 2.75) is 10.9 Å². The van der Waals surface area contributed by atoms with Gasteiger partial charge in [0.05, 0.1) is 26.0 Å². The van der Waals surface area contributed by atoms with Crippen molar-refractivity contribution < 1.29 is 26.3 Å². The van der Waals surface area contributed by atoms with Crippen LogP contribution in [0.3, 0.4) is 0 Å². The van der Waals surface area contributed by atoms with E-state index < -0.39 is 25.9 Å². The summed E-state index contributed by atoms with van der Waals surface area (Å²) in [6, 6.07) is 3.48. The van der Waals surface area contributed by atoms with E-state index in [0.717, 1.165) is 5.41 Å². The van der Waals surface area contributed by atoms with Crippen molar-refractivity contribution in [3.63, 3.8) is 0 Å². The van der Waals surface area contributed by atoms with Crippen molar-refractivity contribution in [2.24, 2.45) is 0 Å². The van der Waals surface area contributed by atoms with Crippen LogP contribution < -0.4 is 14.2 Å². The third-order valence-electron chi connectivity index (χ3n) is 2.90. The van der Waals surface area contributed by atoms with Gasteiger partial charge in [0.1, 0.15) is 16.4 Å². The number of hydrogen-bond acceptors (Lipinski definition) is 6. The molecule has 1 aromatic carbocycles. The Hall–Kier alpha value is -1.58. The van der Waals surface area contributed by atoms with E-state index >= 15 is 0 Å². The van der Waals surface area contributed by atoms with Gasteiger partial charge < -0.3 is 9.47 Å². The number of sulfonamides is 1. The number of hydrogen-bond donors (Lipinski definition) is 1.